The molecule has 0 saturated carbocycles. The van der Waals surface area contributed by atoms with Gasteiger partial charge in [-0.15, -0.1) is 0 Å². The van der Waals surface area contributed by atoms with Gasteiger partial charge in [0.25, 0.3) is 0 Å². The Labute approximate surface area is 163 Å². The molecule has 0 unspecified atom stereocenters. The molecule has 6 heteroatoms. The van der Waals surface area contributed by atoms with Crippen LogP contribution in [0.15, 0.2) is 67.0 Å². The Bertz CT molecular complexity index is 954. The molecule has 0 amide bonds. The van der Waals surface area contributed by atoms with Crippen LogP contribution in [0.2, 0.25) is 0 Å². The molecule has 0 spiro atoms. The first-order valence-corrected chi connectivity index (χ1v) is 9.40. The van der Waals surface area contributed by atoms with E-state index in [9.17, 15) is 4.39 Å². The fourth-order valence-electron chi connectivity index (χ4n) is 3.73. The number of pyridine rings is 1. The fraction of sp³-hybridized carbons (Fsp3) is 0.238. The van der Waals surface area contributed by atoms with Crippen LogP contribution in [-0.2, 0) is 0 Å². The smallest absolute Gasteiger partial charge is 0.170 e. The van der Waals surface area contributed by atoms with E-state index in [-0.39, 0.29) is 23.9 Å². The molecule has 1 aliphatic rings. The summed E-state index contributed by atoms with van der Waals surface area (Å²) in [6.07, 6.45) is 3.75. The monoisotopic (exact) mass is 380 g/mol. The van der Waals surface area contributed by atoms with Crippen LogP contribution in [0.25, 0.3) is 5.69 Å². The normalized spacial score (nSPS) is 19.6. The van der Waals surface area contributed by atoms with E-state index in [4.69, 9.17) is 12.2 Å². The Morgan fingerprint density at radius 3 is 2.67 bits per heavy atom. The van der Waals surface area contributed by atoms with Gasteiger partial charge >= 0.3 is 0 Å². The lowest BCUT2D eigenvalue weighted by atomic mass is 10.0. The molecule has 1 aromatic carbocycles. The number of nitrogens with one attached hydrogen (secondary N) is 1. The third-order valence-electron chi connectivity index (χ3n) is 4.86. The number of aromatic nitrogens is 2. The third kappa shape index (κ3) is 3.21. The molecule has 3 heterocycles. The van der Waals surface area contributed by atoms with Gasteiger partial charge in [0.2, 0.25) is 0 Å². The maximum Gasteiger partial charge on any atom is 0.170 e. The number of thiocarbonyl (C=S) groups is 1. The molecule has 1 saturated heterocycles. The van der Waals surface area contributed by atoms with Crippen LogP contribution in [0.5, 0.6) is 0 Å². The largest absolute Gasteiger partial charge is 0.352 e. The van der Waals surface area contributed by atoms with E-state index in [1.807, 2.05) is 41.1 Å². The third-order valence-corrected chi connectivity index (χ3v) is 5.19. The minimum Gasteiger partial charge on any atom is -0.352 e. The molecular weight excluding hydrogens is 359 g/mol. The summed E-state index contributed by atoms with van der Waals surface area (Å²) in [5.74, 6) is -0.255. The molecule has 0 bridgehead atoms. The molecule has 1 fully saturated rings. The van der Waals surface area contributed by atoms with E-state index in [1.165, 1.54) is 6.07 Å². The van der Waals surface area contributed by atoms with Gasteiger partial charge in [0.15, 0.2) is 5.11 Å². The van der Waals surface area contributed by atoms with Crippen LogP contribution >= 0.6 is 12.2 Å². The van der Waals surface area contributed by atoms with Gasteiger partial charge in [-0.05, 0) is 68.5 Å². The molecule has 0 aliphatic carbocycles. The van der Waals surface area contributed by atoms with Crippen LogP contribution < -0.4 is 5.32 Å². The summed E-state index contributed by atoms with van der Waals surface area (Å²) in [5, 5.41) is 4.14. The topological polar surface area (TPSA) is 33.1 Å². The highest BCUT2D eigenvalue weighted by molar-refractivity contribution is 7.80. The first kappa shape index (κ1) is 17.7. The van der Waals surface area contributed by atoms with Crippen molar-refractivity contribution < 1.29 is 4.39 Å². The number of hydrogen-bond donors (Lipinski definition) is 1. The van der Waals surface area contributed by atoms with E-state index in [1.54, 1.807) is 18.3 Å². The number of halogens is 1. The maximum absolute atomic E-state index is 13.8. The van der Waals surface area contributed by atoms with Crippen molar-refractivity contribution in [1.29, 1.82) is 0 Å². The van der Waals surface area contributed by atoms with Crippen LogP contribution in [0.1, 0.15) is 37.3 Å². The second-order valence-electron chi connectivity index (χ2n) is 6.91. The minimum atomic E-state index is -0.255. The van der Waals surface area contributed by atoms with Gasteiger partial charge in [0, 0.05) is 29.8 Å². The van der Waals surface area contributed by atoms with Gasteiger partial charge in [-0.2, -0.15) is 0 Å². The van der Waals surface area contributed by atoms with Crippen molar-refractivity contribution in [2.45, 2.75) is 32.0 Å². The Kier molecular flexibility index (Phi) is 4.66. The summed E-state index contributed by atoms with van der Waals surface area (Å²) in [6.45, 7) is 4.24. The van der Waals surface area contributed by atoms with Crippen LogP contribution in [-0.4, -0.2) is 25.6 Å². The fourth-order valence-corrected chi connectivity index (χ4v) is 4.19. The highest BCUT2D eigenvalue weighted by Gasteiger charge is 2.42. The lowest BCUT2D eigenvalue weighted by Crippen LogP contribution is -2.36. The van der Waals surface area contributed by atoms with Crippen LogP contribution in [0.3, 0.4) is 0 Å². The van der Waals surface area contributed by atoms with E-state index < -0.39 is 0 Å². The molecule has 138 valence electrons. The van der Waals surface area contributed by atoms with Gasteiger partial charge in [-0.1, -0.05) is 12.1 Å². The molecule has 2 atom stereocenters. The Hall–Kier alpha value is -2.73. The molecular formula is C21H21FN4S. The summed E-state index contributed by atoms with van der Waals surface area (Å²) in [6, 6.07) is 16.6. The first-order valence-electron chi connectivity index (χ1n) is 8.99. The molecule has 1 N–H and O–H groups in total. The predicted molar refractivity (Wildman–Crippen MR) is 108 cm³/mol. The van der Waals surface area contributed by atoms with Crippen molar-refractivity contribution >= 4 is 17.3 Å². The van der Waals surface area contributed by atoms with Gasteiger partial charge in [-0.25, -0.2) is 4.39 Å². The summed E-state index contributed by atoms with van der Waals surface area (Å²) < 4.78 is 15.8. The first-order chi connectivity index (χ1) is 13.1. The summed E-state index contributed by atoms with van der Waals surface area (Å²) in [5.41, 5.74) is 2.76. The van der Waals surface area contributed by atoms with E-state index in [2.05, 4.69) is 35.1 Å². The van der Waals surface area contributed by atoms with Crippen molar-refractivity contribution in [3.8, 4) is 5.69 Å². The SMILES string of the molecule is CC(C)N1C(=S)N[C@H](c2ccccn2)[C@@H]1c1cccn1-c1cccc(F)c1. The lowest BCUT2D eigenvalue weighted by molar-refractivity contribution is 0.262. The quantitative estimate of drug-likeness (QED) is 0.681. The zero-order chi connectivity index (χ0) is 19.0. The average Bonchev–Trinajstić information content (AvgIpc) is 3.26. The summed E-state index contributed by atoms with van der Waals surface area (Å²) in [4.78, 5) is 6.74. The van der Waals surface area contributed by atoms with E-state index in [0.29, 0.717) is 5.11 Å². The van der Waals surface area contributed by atoms with Crippen molar-refractivity contribution in [1.82, 2.24) is 19.8 Å². The highest BCUT2D eigenvalue weighted by Crippen LogP contribution is 2.40. The van der Waals surface area contributed by atoms with Crippen molar-refractivity contribution in [3.63, 3.8) is 0 Å². The standard InChI is InChI=1S/C21H21FN4S/c1-14(2)26-20(19(24-21(26)27)17-9-3-4-11-23-17)18-10-6-12-25(18)16-8-5-7-15(22)13-16/h3-14,19-20H,1-2H3,(H,24,27)/t19-,20+/m1/s1. The van der Waals surface area contributed by atoms with E-state index in [0.717, 1.165) is 17.1 Å². The van der Waals surface area contributed by atoms with Crippen molar-refractivity contribution in [3.05, 3.63) is 84.2 Å². The van der Waals surface area contributed by atoms with Crippen LogP contribution in [0, 0.1) is 5.82 Å². The van der Waals surface area contributed by atoms with Crippen LogP contribution in [0.4, 0.5) is 4.39 Å². The molecule has 4 rings (SSSR count). The Morgan fingerprint density at radius 1 is 1.11 bits per heavy atom. The van der Waals surface area contributed by atoms with Gasteiger partial charge in [0.05, 0.1) is 17.8 Å². The molecule has 0 radical (unpaired) electrons. The second-order valence-corrected chi connectivity index (χ2v) is 7.30. The van der Waals surface area contributed by atoms with Gasteiger partial charge in [-0.3, -0.25) is 4.98 Å². The number of benzene rings is 1. The maximum atomic E-state index is 13.8. The minimum absolute atomic E-state index is 0.0503. The summed E-state index contributed by atoms with van der Waals surface area (Å²) >= 11 is 5.64. The average molecular weight is 380 g/mol. The van der Waals surface area contributed by atoms with Gasteiger partial charge < -0.3 is 14.8 Å². The zero-order valence-corrected chi connectivity index (χ0v) is 16.0. The van der Waals surface area contributed by atoms with Crippen molar-refractivity contribution in [2.24, 2.45) is 0 Å². The zero-order valence-electron chi connectivity index (χ0n) is 15.2. The molecule has 2 aromatic heterocycles. The predicted octanol–water partition coefficient (Wildman–Crippen LogP) is 4.39. The number of rotatable bonds is 4. The molecule has 3 aromatic rings. The highest BCUT2D eigenvalue weighted by atomic mass is 32.1. The Morgan fingerprint density at radius 2 is 1.96 bits per heavy atom. The number of nitrogens with zero attached hydrogens (tertiary/aromatic N) is 3. The van der Waals surface area contributed by atoms with Crippen molar-refractivity contribution in [2.75, 3.05) is 0 Å². The lowest BCUT2D eigenvalue weighted by Gasteiger charge is -2.31. The molecule has 4 nitrogen and oxygen atoms in total. The number of hydrogen-bond acceptors (Lipinski definition) is 2. The van der Waals surface area contributed by atoms with E-state index >= 15 is 0 Å². The summed E-state index contributed by atoms with van der Waals surface area (Å²) in [7, 11) is 0. The Balaban J connectivity index is 1.84. The molecule has 1 aliphatic heterocycles. The second kappa shape index (κ2) is 7.12. The van der Waals surface area contributed by atoms with Gasteiger partial charge in [0.1, 0.15) is 5.82 Å². The molecule has 27 heavy (non-hydrogen) atoms.